The van der Waals surface area contributed by atoms with Crippen molar-refractivity contribution < 1.29 is 0 Å². The number of hydrogen-bond acceptors (Lipinski definition) is 4. The smallest absolute Gasteiger partial charge is 0.258 e. The van der Waals surface area contributed by atoms with Gasteiger partial charge in [0.15, 0.2) is 0 Å². The normalized spacial score (nSPS) is 21.3. The van der Waals surface area contributed by atoms with Gasteiger partial charge in [-0.15, -0.1) is 0 Å². The summed E-state index contributed by atoms with van der Waals surface area (Å²) in [7, 11) is 0. The third-order valence-corrected chi connectivity index (χ3v) is 5.58. The van der Waals surface area contributed by atoms with Gasteiger partial charge in [-0.25, -0.2) is 4.98 Å². The van der Waals surface area contributed by atoms with Gasteiger partial charge in [-0.05, 0) is 69.9 Å². The summed E-state index contributed by atoms with van der Waals surface area (Å²) in [5, 5.41) is 4.12. The van der Waals surface area contributed by atoms with E-state index in [-0.39, 0.29) is 5.56 Å². The maximum atomic E-state index is 12.3. The highest BCUT2D eigenvalue weighted by molar-refractivity contribution is 5.77. The molecule has 0 saturated carbocycles. The van der Waals surface area contributed by atoms with Crippen molar-refractivity contribution >= 4 is 10.9 Å². The lowest BCUT2D eigenvalue weighted by molar-refractivity contribution is 0.165. The first-order valence-corrected chi connectivity index (χ1v) is 9.21. The molecular formula is C19H26N4O. The van der Waals surface area contributed by atoms with Crippen LogP contribution in [-0.2, 0) is 0 Å². The van der Waals surface area contributed by atoms with E-state index in [1.54, 1.807) is 0 Å². The Morgan fingerprint density at radius 2 is 1.83 bits per heavy atom. The highest BCUT2D eigenvalue weighted by Crippen LogP contribution is 2.27. The predicted molar refractivity (Wildman–Crippen MR) is 96.4 cm³/mol. The molecule has 0 spiro atoms. The molecule has 0 amide bonds. The van der Waals surface area contributed by atoms with E-state index < -0.39 is 0 Å². The Morgan fingerprint density at radius 1 is 1.08 bits per heavy atom. The van der Waals surface area contributed by atoms with E-state index in [1.807, 2.05) is 24.3 Å². The maximum Gasteiger partial charge on any atom is 0.258 e. The number of piperidine rings is 2. The molecule has 2 aromatic rings. The van der Waals surface area contributed by atoms with Crippen LogP contribution in [0, 0.1) is 5.92 Å². The summed E-state index contributed by atoms with van der Waals surface area (Å²) in [4.78, 5) is 22.6. The predicted octanol–water partition coefficient (Wildman–Crippen LogP) is 2.10. The van der Waals surface area contributed by atoms with Crippen LogP contribution in [0.1, 0.15) is 37.4 Å². The van der Waals surface area contributed by atoms with Crippen LogP contribution in [0.3, 0.4) is 0 Å². The van der Waals surface area contributed by atoms with E-state index >= 15 is 0 Å². The van der Waals surface area contributed by atoms with Crippen LogP contribution in [0.15, 0.2) is 29.1 Å². The highest BCUT2D eigenvalue weighted by Gasteiger charge is 2.25. The van der Waals surface area contributed by atoms with Crippen molar-refractivity contribution in [3.8, 4) is 0 Å². The molecule has 0 bridgehead atoms. The first-order valence-electron chi connectivity index (χ1n) is 9.21. The van der Waals surface area contributed by atoms with Crippen molar-refractivity contribution in [2.24, 2.45) is 5.92 Å². The van der Waals surface area contributed by atoms with E-state index in [9.17, 15) is 4.79 Å². The molecule has 5 nitrogen and oxygen atoms in total. The minimum Gasteiger partial charge on any atom is -0.317 e. The first-order chi connectivity index (χ1) is 11.8. The molecule has 2 aliphatic heterocycles. The summed E-state index contributed by atoms with van der Waals surface area (Å²) in [6.07, 6.45) is 4.79. The van der Waals surface area contributed by atoms with Crippen molar-refractivity contribution in [1.29, 1.82) is 0 Å². The molecule has 24 heavy (non-hydrogen) atoms. The number of fused-ring (bicyclic) bond motifs is 1. The number of benzene rings is 1. The molecule has 1 aromatic heterocycles. The fraction of sp³-hybridized carbons (Fsp3) is 0.579. The van der Waals surface area contributed by atoms with E-state index in [4.69, 9.17) is 4.98 Å². The van der Waals surface area contributed by atoms with Gasteiger partial charge in [-0.3, -0.25) is 4.79 Å². The number of aromatic amines is 1. The molecule has 0 radical (unpaired) electrons. The molecule has 2 N–H and O–H groups in total. The zero-order chi connectivity index (χ0) is 16.4. The van der Waals surface area contributed by atoms with Crippen LogP contribution in [0.4, 0.5) is 0 Å². The number of hydrogen-bond donors (Lipinski definition) is 2. The van der Waals surface area contributed by atoms with E-state index in [1.165, 1.54) is 32.5 Å². The number of para-hydroxylation sites is 1. The van der Waals surface area contributed by atoms with Gasteiger partial charge in [0.2, 0.25) is 0 Å². The number of H-pyrrole nitrogens is 1. The summed E-state index contributed by atoms with van der Waals surface area (Å²) in [5.74, 6) is 2.10. The molecule has 4 rings (SSSR count). The van der Waals surface area contributed by atoms with Crippen LogP contribution < -0.4 is 10.9 Å². The molecular weight excluding hydrogens is 300 g/mol. The van der Waals surface area contributed by atoms with Gasteiger partial charge in [-0.1, -0.05) is 12.1 Å². The molecule has 3 heterocycles. The summed E-state index contributed by atoms with van der Waals surface area (Å²) in [6, 6.07) is 7.60. The molecule has 2 fully saturated rings. The lowest BCUT2D eigenvalue weighted by Gasteiger charge is -2.35. The fourth-order valence-electron chi connectivity index (χ4n) is 4.12. The average molecular weight is 326 g/mol. The third kappa shape index (κ3) is 3.37. The standard InChI is InChI=1S/C19H26N4O/c24-19-16-3-1-2-4-17(16)21-18(22-19)15-7-11-23(12-8-15)13-14-5-9-20-10-6-14/h1-4,14-15,20H,5-13H2,(H,21,22,24). The minimum atomic E-state index is -0.00673. The van der Waals surface area contributed by atoms with Gasteiger partial charge in [-0.2, -0.15) is 0 Å². The van der Waals surface area contributed by atoms with Crippen LogP contribution in [-0.4, -0.2) is 47.6 Å². The van der Waals surface area contributed by atoms with Gasteiger partial charge in [0.1, 0.15) is 5.82 Å². The van der Waals surface area contributed by atoms with E-state index in [0.29, 0.717) is 11.3 Å². The van der Waals surface area contributed by atoms with Crippen LogP contribution in [0.5, 0.6) is 0 Å². The number of likely N-dealkylation sites (tertiary alicyclic amines) is 1. The van der Waals surface area contributed by atoms with E-state index in [2.05, 4.69) is 15.2 Å². The van der Waals surface area contributed by atoms with Crippen LogP contribution >= 0.6 is 0 Å². The lowest BCUT2D eigenvalue weighted by atomic mass is 9.93. The van der Waals surface area contributed by atoms with Crippen molar-refractivity contribution in [3.63, 3.8) is 0 Å². The molecule has 0 aliphatic carbocycles. The Morgan fingerprint density at radius 3 is 2.62 bits per heavy atom. The molecule has 0 atom stereocenters. The molecule has 0 unspecified atom stereocenters. The monoisotopic (exact) mass is 326 g/mol. The maximum absolute atomic E-state index is 12.3. The van der Waals surface area contributed by atoms with Crippen LogP contribution in [0.25, 0.3) is 10.9 Å². The molecule has 5 heteroatoms. The van der Waals surface area contributed by atoms with Crippen molar-refractivity contribution in [3.05, 3.63) is 40.4 Å². The summed E-state index contributed by atoms with van der Waals surface area (Å²) in [6.45, 7) is 5.80. The number of nitrogens with zero attached hydrogens (tertiary/aromatic N) is 2. The molecule has 128 valence electrons. The van der Waals surface area contributed by atoms with Gasteiger partial charge in [0, 0.05) is 12.5 Å². The second-order valence-corrected chi connectivity index (χ2v) is 7.24. The topological polar surface area (TPSA) is 61.0 Å². The Bertz CT molecular complexity index is 742. The number of nitrogens with one attached hydrogen (secondary N) is 2. The molecule has 2 saturated heterocycles. The zero-order valence-corrected chi connectivity index (χ0v) is 14.1. The van der Waals surface area contributed by atoms with E-state index in [0.717, 1.165) is 43.2 Å². The number of aromatic nitrogens is 2. The number of rotatable bonds is 3. The highest BCUT2D eigenvalue weighted by atomic mass is 16.1. The van der Waals surface area contributed by atoms with Gasteiger partial charge < -0.3 is 15.2 Å². The van der Waals surface area contributed by atoms with Crippen molar-refractivity contribution in [1.82, 2.24) is 20.2 Å². The molecule has 2 aliphatic rings. The largest absolute Gasteiger partial charge is 0.317 e. The van der Waals surface area contributed by atoms with Gasteiger partial charge >= 0.3 is 0 Å². The summed E-state index contributed by atoms with van der Waals surface area (Å²) in [5.41, 5.74) is 0.807. The van der Waals surface area contributed by atoms with Gasteiger partial charge in [0.05, 0.1) is 10.9 Å². The Labute approximate surface area is 142 Å². The quantitative estimate of drug-likeness (QED) is 0.907. The lowest BCUT2D eigenvalue weighted by Crippen LogP contribution is -2.40. The second kappa shape index (κ2) is 7.03. The zero-order valence-electron chi connectivity index (χ0n) is 14.1. The summed E-state index contributed by atoms with van der Waals surface area (Å²) >= 11 is 0. The fourth-order valence-corrected chi connectivity index (χ4v) is 4.12. The Kier molecular flexibility index (Phi) is 4.63. The van der Waals surface area contributed by atoms with Gasteiger partial charge in [0.25, 0.3) is 5.56 Å². The summed E-state index contributed by atoms with van der Waals surface area (Å²) < 4.78 is 0. The second-order valence-electron chi connectivity index (χ2n) is 7.24. The third-order valence-electron chi connectivity index (χ3n) is 5.58. The minimum absolute atomic E-state index is 0.00673. The Balaban J connectivity index is 1.41. The SMILES string of the molecule is O=c1[nH]c(C2CCN(CC3CCNCC3)CC2)nc2ccccc12. The van der Waals surface area contributed by atoms with Crippen molar-refractivity contribution in [2.45, 2.75) is 31.6 Å². The van der Waals surface area contributed by atoms with Crippen molar-refractivity contribution in [2.75, 3.05) is 32.7 Å². The molecule has 1 aromatic carbocycles. The average Bonchev–Trinajstić information content (AvgIpc) is 2.63. The Hall–Kier alpha value is -1.72. The first kappa shape index (κ1) is 15.8. The van der Waals surface area contributed by atoms with Crippen LogP contribution in [0.2, 0.25) is 0 Å².